The molecule has 1 heterocycles. The lowest BCUT2D eigenvalue weighted by atomic mass is 10.2. The molecule has 0 bridgehead atoms. The van der Waals surface area contributed by atoms with E-state index >= 15 is 0 Å². The Morgan fingerprint density at radius 1 is 1.29 bits per heavy atom. The summed E-state index contributed by atoms with van der Waals surface area (Å²) < 4.78 is 15.3. The highest BCUT2D eigenvalue weighted by molar-refractivity contribution is 5.86. The van der Waals surface area contributed by atoms with Crippen LogP contribution < -0.4 is 0 Å². The van der Waals surface area contributed by atoms with Crippen molar-refractivity contribution in [3.63, 3.8) is 0 Å². The van der Waals surface area contributed by atoms with Gasteiger partial charge in [-0.2, -0.15) is 0 Å². The molecule has 0 saturated carbocycles. The highest BCUT2D eigenvalue weighted by Crippen LogP contribution is 2.10. The quantitative estimate of drug-likeness (QED) is 0.517. The molecule has 0 aliphatic carbocycles. The van der Waals surface area contributed by atoms with Crippen LogP contribution in [0, 0.1) is 0 Å². The molecular weight excluding hydrogens is 220 g/mol. The van der Waals surface area contributed by atoms with Gasteiger partial charge in [0.1, 0.15) is 12.4 Å². The molecular formula is C13H20O4. The van der Waals surface area contributed by atoms with Gasteiger partial charge in [0.15, 0.2) is 0 Å². The van der Waals surface area contributed by atoms with Crippen LogP contribution in [0.4, 0.5) is 0 Å². The van der Waals surface area contributed by atoms with Gasteiger partial charge in [0, 0.05) is 7.11 Å². The Hall–Kier alpha value is -1.29. The van der Waals surface area contributed by atoms with Gasteiger partial charge in [-0.1, -0.05) is 26.2 Å². The Bertz CT molecular complexity index is 330. The Kier molecular flexibility index (Phi) is 6.40. The lowest BCUT2D eigenvalue weighted by molar-refractivity contribution is 0.0455. The standard InChI is InChI=1S/C13H20O4/c1-3-4-5-6-9-16-13(14)12-8-7-11(17-12)10-15-2/h7-8H,3-6,9-10H2,1-2H3. The minimum Gasteiger partial charge on any atom is -0.460 e. The number of unbranched alkanes of at least 4 members (excludes halogenated alkanes) is 3. The van der Waals surface area contributed by atoms with Crippen molar-refractivity contribution < 1.29 is 18.7 Å². The Morgan fingerprint density at radius 2 is 2.12 bits per heavy atom. The molecule has 0 amide bonds. The van der Waals surface area contributed by atoms with Gasteiger partial charge in [-0.25, -0.2) is 4.79 Å². The highest BCUT2D eigenvalue weighted by Gasteiger charge is 2.12. The normalized spacial score (nSPS) is 10.5. The summed E-state index contributed by atoms with van der Waals surface area (Å²) in [6, 6.07) is 3.33. The number of furan rings is 1. The largest absolute Gasteiger partial charge is 0.460 e. The zero-order valence-corrected chi connectivity index (χ0v) is 10.5. The van der Waals surface area contributed by atoms with Crippen LogP contribution in [-0.2, 0) is 16.1 Å². The van der Waals surface area contributed by atoms with Crippen LogP contribution in [-0.4, -0.2) is 19.7 Å². The van der Waals surface area contributed by atoms with Gasteiger partial charge in [-0.15, -0.1) is 0 Å². The Morgan fingerprint density at radius 3 is 2.82 bits per heavy atom. The third kappa shape index (κ3) is 5.04. The monoisotopic (exact) mass is 240 g/mol. The van der Waals surface area contributed by atoms with Crippen molar-refractivity contribution in [1.29, 1.82) is 0 Å². The first-order valence-corrected chi connectivity index (χ1v) is 6.02. The first kappa shape index (κ1) is 13.8. The van der Waals surface area contributed by atoms with E-state index in [0.717, 1.165) is 12.8 Å². The van der Waals surface area contributed by atoms with E-state index in [4.69, 9.17) is 13.9 Å². The fourth-order valence-corrected chi connectivity index (χ4v) is 1.47. The molecule has 96 valence electrons. The zero-order chi connectivity index (χ0) is 12.5. The minimum atomic E-state index is -0.399. The number of hydrogen-bond acceptors (Lipinski definition) is 4. The number of ether oxygens (including phenoxy) is 2. The van der Waals surface area contributed by atoms with Crippen molar-refractivity contribution in [1.82, 2.24) is 0 Å². The lowest BCUT2D eigenvalue weighted by Gasteiger charge is -2.02. The molecule has 0 unspecified atom stereocenters. The van der Waals surface area contributed by atoms with Gasteiger partial charge in [-0.3, -0.25) is 0 Å². The second kappa shape index (κ2) is 7.90. The maximum Gasteiger partial charge on any atom is 0.374 e. The minimum absolute atomic E-state index is 0.243. The van der Waals surface area contributed by atoms with E-state index < -0.39 is 5.97 Å². The van der Waals surface area contributed by atoms with Gasteiger partial charge in [0.25, 0.3) is 0 Å². The summed E-state index contributed by atoms with van der Waals surface area (Å²) in [5.74, 6) is 0.474. The molecule has 0 fully saturated rings. The molecule has 1 rings (SSSR count). The highest BCUT2D eigenvalue weighted by atomic mass is 16.5. The molecule has 0 saturated heterocycles. The average Bonchev–Trinajstić information content (AvgIpc) is 2.78. The lowest BCUT2D eigenvalue weighted by Crippen LogP contribution is -2.05. The maximum atomic E-state index is 11.5. The molecule has 17 heavy (non-hydrogen) atoms. The molecule has 1 aromatic rings. The molecule has 0 aromatic carbocycles. The summed E-state index contributed by atoms with van der Waals surface area (Å²) in [5.41, 5.74) is 0. The smallest absolute Gasteiger partial charge is 0.374 e. The van der Waals surface area contributed by atoms with Crippen molar-refractivity contribution >= 4 is 5.97 Å². The topological polar surface area (TPSA) is 48.7 Å². The van der Waals surface area contributed by atoms with Gasteiger partial charge in [0.2, 0.25) is 5.76 Å². The molecule has 0 atom stereocenters. The summed E-state index contributed by atoms with van der Waals surface area (Å²) in [4.78, 5) is 11.5. The van der Waals surface area contributed by atoms with Crippen LogP contribution in [0.3, 0.4) is 0 Å². The number of esters is 1. The zero-order valence-electron chi connectivity index (χ0n) is 10.5. The molecule has 4 nitrogen and oxygen atoms in total. The Balaban J connectivity index is 2.26. The number of methoxy groups -OCH3 is 1. The van der Waals surface area contributed by atoms with E-state index in [-0.39, 0.29) is 5.76 Å². The van der Waals surface area contributed by atoms with Gasteiger partial charge in [0.05, 0.1) is 6.61 Å². The molecule has 1 aromatic heterocycles. The summed E-state index contributed by atoms with van der Waals surface area (Å²) in [5, 5.41) is 0. The number of rotatable bonds is 8. The van der Waals surface area contributed by atoms with E-state index in [0.29, 0.717) is 19.0 Å². The van der Waals surface area contributed by atoms with Crippen LogP contribution in [0.25, 0.3) is 0 Å². The van der Waals surface area contributed by atoms with Gasteiger partial charge >= 0.3 is 5.97 Å². The van der Waals surface area contributed by atoms with Crippen LogP contribution in [0.15, 0.2) is 16.5 Å². The third-order valence-electron chi connectivity index (χ3n) is 2.38. The van der Waals surface area contributed by atoms with Crippen LogP contribution in [0.2, 0.25) is 0 Å². The molecule has 0 aliphatic rings. The van der Waals surface area contributed by atoms with Crippen molar-refractivity contribution in [2.75, 3.05) is 13.7 Å². The summed E-state index contributed by atoms with van der Waals surface area (Å²) in [6.07, 6.45) is 4.35. The first-order valence-electron chi connectivity index (χ1n) is 6.02. The molecule has 0 spiro atoms. The summed E-state index contributed by atoms with van der Waals surface area (Å²) >= 11 is 0. The maximum absolute atomic E-state index is 11.5. The molecule has 0 N–H and O–H groups in total. The number of carbonyl (C=O) groups excluding carboxylic acids is 1. The fourth-order valence-electron chi connectivity index (χ4n) is 1.47. The average molecular weight is 240 g/mol. The van der Waals surface area contributed by atoms with Crippen molar-refractivity contribution in [3.05, 3.63) is 23.7 Å². The second-order valence-corrected chi connectivity index (χ2v) is 3.90. The predicted octanol–water partition coefficient (Wildman–Crippen LogP) is 3.16. The van der Waals surface area contributed by atoms with Crippen molar-refractivity contribution in [3.8, 4) is 0 Å². The van der Waals surface area contributed by atoms with E-state index in [1.165, 1.54) is 12.8 Å². The van der Waals surface area contributed by atoms with Crippen molar-refractivity contribution in [2.24, 2.45) is 0 Å². The predicted molar refractivity (Wildman–Crippen MR) is 63.8 cm³/mol. The van der Waals surface area contributed by atoms with Crippen molar-refractivity contribution in [2.45, 2.75) is 39.2 Å². The number of carbonyl (C=O) groups is 1. The SMILES string of the molecule is CCCCCCOC(=O)c1ccc(COC)o1. The Labute approximate surface area is 102 Å². The molecule has 0 aliphatic heterocycles. The van der Waals surface area contributed by atoms with Gasteiger partial charge in [-0.05, 0) is 18.6 Å². The molecule has 4 heteroatoms. The second-order valence-electron chi connectivity index (χ2n) is 3.90. The van der Waals surface area contributed by atoms with Crippen LogP contribution >= 0.6 is 0 Å². The van der Waals surface area contributed by atoms with Crippen LogP contribution in [0.5, 0.6) is 0 Å². The number of hydrogen-bond donors (Lipinski definition) is 0. The van der Waals surface area contributed by atoms with E-state index in [1.54, 1.807) is 19.2 Å². The van der Waals surface area contributed by atoms with E-state index in [9.17, 15) is 4.79 Å². The summed E-state index contributed by atoms with van der Waals surface area (Å²) in [6.45, 7) is 2.97. The first-order chi connectivity index (χ1) is 8.27. The van der Waals surface area contributed by atoms with Crippen LogP contribution in [0.1, 0.15) is 48.9 Å². The third-order valence-corrected chi connectivity index (χ3v) is 2.38. The summed E-state index contributed by atoms with van der Waals surface area (Å²) in [7, 11) is 1.58. The van der Waals surface area contributed by atoms with Gasteiger partial charge < -0.3 is 13.9 Å². The van der Waals surface area contributed by atoms with E-state index in [1.807, 2.05) is 0 Å². The molecule has 0 radical (unpaired) electrons. The fraction of sp³-hybridized carbons (Fsp3) is 0.615. The van der Waals surface area contributed by atoms with E-state index in [2.05, 4.69) is 6.92 Å².